The molecule has 0 aliphatic rings. The van der Waals surface area contributed by atoms with Crippen molar-refractivity contribution in [2.45, 2.75) is 11.8 Å². The zero-order valence-electron chi connectivity index (χ0n) is 10.2. The predicted octanol–water partition coefficient (Wildman–Crippen LogP) is 1.81. The maximum Gasteiger partial charge on any atom is 0.265 e. The molecule has 0 aliphatic heterocycles. The maximum atomic E-state index is 13.4. The van der Waals surface area contributed by atoms with E-state index in [9.17, 15) is 17.2 Å². The Morgan fingerprint density at radius 2 is 2.00 bits per heavy atom. The Kier molecular flexibility index (Phi) is 3.27. The van der Waals surface area contributed by atoms with Crippen molar-refractivity contribution in [2.24, 2.45) is 7.05 Å². The lowest BCUT2D eigenvalue weighted by Gasteiger charge is -2.07. The molecular formula is C11H11F2N3O2S. The lowest BCUT2D eigenvalue weighted by atomic mass is 10.3. The molecule has 19 heavy (non-hydrogen) atoms. The number of aromatic nitrogens is 2. The monoisotopic (exact) mass is 287 g/mol. The summed E-state index contributed by atoms with van der Waals surface area (Å²) in [5.74, 6) is -1.59. The first-order valence-electron chi connectivity index (χ1n) is 5.28. The van der Waals surface area contributed by atoms with Crippen LogP contribution in [0.5, 0.6) is 0 Å². The van der Waals surface area contributed by atoms with Gasteiger partial charge in [0.1, 0.15) is 16.5 Å². The number of anilines is 1. The Bertz CT molecular complexity index is 726. The number of rotatable bonds is 3. The van der Waals surface area contributed by atoms with Crippen LogP contribution in [-0.2, 0) is 17.1 Å². The number of nitrogens with one attached hydrogen (secondary N) is 1. The first-order valence-corrected chi connectivity index (χ1v) is 6.76. The molecule has 0 spiro atoms. The molecule has 1 heterocycles. The fourth-order valence-corrected chi connectivity index (χ4v) is 2.89. The van der Waals surface area contributed by atoms with Gasteiger partial charge in [-0.15, -0.1) is 0 Å². The average molecular weight is 287 g/mol. The molecule has 0 amide bonds. The van der Waals surface area contributed by atoms with Gasteiger partial charge in [0.2, 0.25) is 0 Å². The molecule has 1 aromatic heterocycles. The minimum Gasteiger partial charge on any atom is -0.276 e. The summed E-state index contributed by atoms with van der Waals surface area (Å²) in [6.45, 7) is 1.51. The van der Waals surface area contributed by atoms with E-state index in [0.29, 0.717) is 0 Å². The van der Waals surface area contributed by atoms with Crippen LogP contribution in [-0.4, -0.2) is 18.2 Å². The Hall–Kier alpha value is -1.96. The quantitative estimate of drug-likeness (QED) is 0.936. The molecule has 0 aliphatic carbocycles. The highest BCUT2D eigenvalue weighted by Gasteiger charge is 2.21. The van der Waals surface area contributed by atoms with Gasteiger partial charge in [-0.3, -0.25) is 9.40 Å². The van der Waals surface area contributed by atoms with Gasteiger partial charge in [0.15, 0.2) is 0 Å². The molecule has 1 aromatic carbocycles. The number of benzene rings is 1. The second-order valence-electron chi connectivity index (χ2n) is 3.98. The summed E-state index contributed by atoms with van der Waals surface area (Å²) in [6.07, 6.45) is 1.29. The summed E-state index contributed by atoms with van der Waals surface area (Å²) in [5.41, 5.74) is -0.171. The standard InChI is InChI=1S/C11H11F2N3O2S/c1-7-11(6-16(2)14-7)19(17,18)15-10-5-8(12)3-4-9(10)13/h3-6,15H,1-2H3. The molecule has 0 saturated carbocycles. The van der Waals surface area contributed by atoms with E-state index in [1.807, 2.05) is 4.72 Å². The van der Waals surface area contributed by atoms with Crippen LogP contribution < -0.4 is 4.72 Å². The van der Waals surface area contributed by atoms with E-state index in [1.54, 1.807) is 7.05 Å². The summed E-state index contributed by atoms with van der Waals surface area (Å²) < 4.78 is 53.8. The number of hydrogen-bond donors (Lipinski definition) is 1. The Labute approximate surface area is 108 Å². The van der Waals surface area contributed by atoms with Gasteiger partial charge in [0, 0.05) is 19.3 Å². The molecule has 8 heteroatoms. The molecule has 1 N–H and O–H groups in total. The lowest BCUT2D eigenvalue weighted by Crippen LogP contribution is -2.14. The molecule has 0 saturated heterocycles. The van der Waals surface area contributed by atoms with Gasteiger partial charge >= 0.3 is 0 Å². The Balaban J connectivity index is 2.42. The predicted molar refractivity (Wildman–Crippen MR) is 65.1 cm³/mol. The number of sulfonamides is 1. The van der Waals surface area contributed by atoms with E-state index in [-0.39, 0.29) is 10.6 Å². The summed E-state index contributed by atoms with van der Waals surface area (Å²) >= 11 is 0. The van der Waals surface area contributed by atoms with Crippen LogP contribution in [0.4, 0.5) is 14.5 Å². The van der Waals surface area contributed by atoms with Crippen LogP contribution in [0.1, 0.15) is 5.69 Å². The van der Waals surface area contributed by atoms with Gasteiger partial charge in [-0.2, -0.15) is 5.10 Å². The number of hydrogen-bond acceptors (Lipinski definition) is 3. The minimum absolute atomic E-state index is 0.0846. The fraction of sp³-hybridized carbons (Fsp3) is 0.182. The number of halogens is 2. The molecular weight excluding hydrogens is 276 g/mol. The first kappa shape index (κ1) is 13.5. The van der Waals surface area contributed by atoms with E-state index < -0.39 is 27.3 Å². The van der Waals surface area contributed by atoms with Crippen molar-refractivity contribution in [1.82, 2.24) is 9.78 Å². The van der Waals surface area contributed by atoms with Crippen LogP contribution in [0.15, 0.2) is 29.3 Å². The van der Waals surface area contributed by atoms with Crippen molar-refractivity contribution < 1.29 is 17.2 Å². The van der Waals surface area contributed by atoms with Crippen LogP contribution >= 0.6 is 0 Å². The third-order valence-corrected chi connectivity index (χ3v) is 3.90. The van der Waals surface area contributed by atoms with Gasteiger partial charge in [0.05, 0.1) is 11.4 Å². The molecule has 0 atom stereocenters. The van der Waals surface area contributed by atoms with Crippen molar-refractivity contribution in [3.8, 4) is 0 Å². The van der Waals surface area contributed by atoms with Crippen LogP contribution in [0.2, 0.25) is 0 Å². The first-order chi connectivity index (χ1) is 8.79. The molecule has 0 radical (unpaired) electrons. The Morgan fingerprint density at radius 1 is 1.32 bits per heavy atom. The molecule has 102 valence electrons. The summed E-state index contributed by atoms with van der Waals surface area (Å²) in [7, 11) is -2.44. The zero-order valence-corrected chi connectivity index (χ0v) is 11.0. The molecule has 2 rings (SSSR count). The van der Waals surface area contributed by atoms with E-state index in [2.05, 4.69) is 5.10 Å². The van der Waals surface area contributed by atoms with Gasteiger partial charge in [-0.25, -0.2) is 17.2 Å². The van der Waals surface area contributed by atoms with Crippen molar-refractivity contribution in [3.05, 3.63) is 41.7 Å². The van der Waals surface area contributed by atoms with Gasteiger partial charge in [0.25, 0.3) is 10.0 Å². The van der Waals surface area contributed by atoms with E-state index >= 15 is 0 Å². The van der Waals surface area contributed by atoms with Gasteiger partial charge in [-0.05, 0) is 19.1 Å². The smallest absolute Gasteiger partial charge is 0.265 e. The van der Waals surface area contributed by atoms with E-state index in [0.717, 1.165) is 18.2 Å². The topological polar surface area (TPSA) is 64.0 Å². The number of aryl methyl sites for hydroxylation is 2. The molecule has 5 nitrogen and oxygen atoms in total. The molecule has 0 unspecified atom stereocenters. The highest BCUT2D eigenvalue weighted by Crippen LogP contribution is 2.21. The normalized spacial score (nSPS) is 11.6. The third-order valence-electron chi connectivity index (χ3n) is 2.43. The maximum absolute atomic E-state index is 13.4. The molecule has 0 bridgehead atoms. The van der Waals surface area contributed by atoms with Crippen molar-refractivity contribution >= 4 is 15.7 Å². The highest BCUT2D eigenvalue weighted by atomic mass is 32.2. The molecule has 2 aromatic rings. The van der Waals surface area contributed by atoms with Crippen molar-refractivity contribution in [3.63, 3.8) is 0 Å². The summed E-state index contributed by atoms with van der Waals surface area (Å²) in [6, 6.07) is 2.53. The van der Waals surface area contributed by atoms with Crippen LogP contribution in [0.3, 0.4) is 0 Å². The highest BCUT2D eigenvalue weighted by molar-refractivity contribution is 7.92. The average Bonchev–Trinajstić information content (AvgIpc) is 2.63. The van der Waals surface area contributed by atoms with Crippen molar-refractivity contribution in [1.29, 1.82) is 0 Å². The minimum atomic E-state index is -4.00. The van der Waals surface area contributed by atoms with E-state index in [4.69, 9.17) is 0 Å². The summed E-state index contributed by atoms with van der Waals surface area (Å²) in [4.78, 5) is -0.0846. The SMILES string of the molecule is Cc1nn(C)cc1S(=O)(=O)Nc1cc(F)ccc1F. The summed E-state index contributed by atoms with van der Waals surface area (Å²) in [5, 5.41) is 3.89. The van der Waals surface area contributed by atoms with E-state index in [1.165, 1.54) is 17.8 Å². The molecule has 0 fully saturated rings. The second-order valence-corrected chi connectivity index (χ2v) is 5.63. The second kappa shape index (κ2) is 4.61. The third kappa shape index (κ3) is 2.73. The van der Waals surface area contributed by atoms with Crippen LogP contribution in [0, 0.1) is 18.6 Å². The van der Waals surface area contributed by atoms with Crippen LogP contribution in [0.25, 0.3) is 0 Å². The van der Waals surface area contributed by atoms with Gasteiger partial charge < -0.3 is 0 Å². The number of nitrogens with zero attached hydrogens (tertiary/aromatic N) is 2. The zero-order chi connectivity index (χ0) is 14.2. The van der Waals surface area contributed by atoms with Gasteiger partial charge in [-0.1, -0.05) is 0 Å². The lowest BCUT2D eigenvalue weighted by molar-refractivity contribution is 0.594. The largest absolute Gasteiger partial charge is 0.276 e. The Morgan fingerprint density at radius 3 is 2.58 bits per heavy atom. The fourth-order valence-electron chi connectivity index (χ4n) is 1.62. The van der Waals surface area contributed by atoms with Crippen molar-refractivity contribution in [2.75, 3.05) is 4.72 Å².